The van der Waals surface area contributed by atoms with Gasteiger partial charge in [-0.05, 0) is 85.7 Å². The minimum absolute atomic E-state index is 0.0143. The molecule has 1 N–H and O–H groups in total. The van der Waals surface area contributed by atoms with E-state index in [1.807, 2.05) is 55.5 Å². The number of thioether (sulfide) groups is 1. The highest BCUT2D eigenvalue weighted by Gasteiger charge is 2.53. The standard InChI is InChI=1S/C33H35Cl2N5O3S/c1-18(2)27-29(31(43)39-19(3)4-13-24(39)30(42)38-16-25(41)37-33(17-38)14-15-33)44-32-36-26(20-5-9-22(34)10-6-20)28(40(27)32)21-7-11-23(35)12-8-21/h5-12,18-19,24,26,28H,4,13-17H2,1-3H3,(H,37,41)/t19-,24?,26?,28?/m1/s1. The molecule has 1 saturated carbocycles. The third-order valence-electron chi connectivity index (χ3n) is 9.47. The highest BCUT2D eigenvalue weighted by Crippen LogP contribution is 2.54. The van der Waals surface area contributed by atoms with E-state index in [0.717, 1.165) is 41.3 Å². The molecular formula is C33H35Cl2N5O3S. The number of hydrogen-bond donors (Lipinski definition) is 1. The molecule has 2 saturated heterocycles. The summed E-state index contributed by atoms with van der Waals surface area (Å²) >= 11 is 13.9. The maximum atomic E-state index is 14.6. The van der Waals surface area contributed by atoms with Gasteiger partial charge in [0.05, 0.1) is 18.1 Å². The van der Waals surface area contributed by atoms with E-state index in [4.69, 9.17) is 28.2 Å². The molecule has 4 heterocycles. The quantitative estimate of drug-likeness (QED) is 0.433. The highest BCUT2D eigenvalue weighted by molar-refractivity contribution is 8.18. The highest BCUT2D eigenvalue weighted by atomic mass is 35.5. The number of aliphatic imine (C=N–C) groups is 1. The molecule has 2 aromatic rings. The van der Waals surface area contributed by atoms with Gasteiger partial charge in [0.2, 0.25) is 11.8 Å². The molecule has 3 fully saturated rings. The molecule has 2 aromatic carbocycles. The van der Waals surface area contributed by atoms with Gasteiger partial charge in [0.25, 0.3) is 5.91 Å². The number of rotatable bonds is 5. The predicted molar refractivity (Wildman–Crippen MR) is 173 cm³/mol. The maximum Gasteiger partial charge on any atom is 0.263 e. The van der Waals surface area contributed by atoms with Crippen molar-refractivity contribution in [3.05, 3.63) is 80.3 Å². The number of allylic oxidation sites excluding steroid dienone is 1. The first kappa shape index (κ1) is 29.7. The van der Waals surface area contributed by atoms with Crippen molar-refractivity contribution in [3.63, 3.8) is 0 Å². The van der Waals surface area contributed by atoms with Gasteiger partial charge in [-0.1, -0.05) is 61.3 Å². The Morgan fingerprint density at radius 1 is 1.00 bits per heavy atom. The van der Waals surface area contributed by atoms with Crippen LogP contribution in [0.25, 0.3) is 0 Å². The van der Waals surface area contributed by atoms with Crippen LogP contribution in [0, 0.1) is 5.92 Å². The Bertz CT molecular complexity index is 1590. The van der Waals surface area contributed by atoms with E-state index >= 15 is 0 Å². The van der Waals surface area contributed by atoms with Crippen LogP contribution in [0.1, 0.15) is 69.7 Å². The molecule has 4 aliphatic heterocycles. The zero-order valence-corrected chi connectivity index (χ0v) is 27.3. The molecule has 11 heteroatoms. The number of benzene rings is 2. The number of amidine groups is 1. The van der Waals surface area contributed by atoms with Crippen LogP contribution < -0.4 is 5.32 Å². The Kier molecular flexibility index (Phi) is 7.49. The number of piperazine rings is 1. The van der Waals surface area contributed by atoms with Crippen LogP contribution in [0.2, 0.25) is 10.0 Å². The summed E-state index contributed by atoms with van der Waals surface area (Å²) in [6.45, 7) is 6.76. The van der Waals surface area contributed by atoms with Gasteiger partial charge < -0.3 is 20.0 Å². The van der Waals surface area contributed by atoms with Crippen LogP contribution in [0.4, 0.5) is 0 Å². The van der Waals surface area contributed by atoms with E-state index in [-0.39, 0.29) is 53.8 Å². The number of halogens is 2. The molecule has 3 amide bonds. The fraction of sp³-hybridized carbons (Fsp3) is 0.455. The lowest BCUT2D eigenvalue weighted by Gasteiger charge is -2.37. The lowest BCUT2D eigenvalue weighted by molar-refractivity contribution is -0.147. The monoisotopic (exact) mass is 651 g/mol. The van der Waals surface area contributed by atoms with Gasteiger partial charge in [0.15, 0.2) is 5.17 Å². The summed E-state index contributed by atoms with van der Waals surface area (Å²) in [5, 5.41) is 5.14. The van der Waals surface area contributed by atoms with Crippen LogP contribution in [-0.4, -0.2) is 68.3 Å². The molecule has 5 aliphatic rings. The smallest absolute Gasteiger partial charge is 0.263 e. The molecule has 4 atom stereocenters. The van der Waals surface area contributed by atoms with Crippen molar-refractivity contribution in [2.45, 2.75) is 76.2 Å². The van der Waals surface area contributed by atoms with Crippen molar-refractivity contribution >= 4 is 57.9 Å². The van der Waals surface area contributed by atoms with Gasteiger partial charge in [0.1, 0.15) is 17.0 Å². The number of nitrogens with zero attached hydrogens (tertiary/aromatic N) is 4. The first-order valence-electron chi connectivity index (χ1n) is 15.3. The largest absolute Gasteiger partial charge is 0.347 e. The molecule has 0 bridgehead atoms. The molecule has 8 nitrogen and oxygen atoms in total. The van der Waals surface area contributed by atoms with Crippen LogP contribution in [0.15, 0.2) is 64.1 Å². The molecule has 1 aliphatic carbocycles. The summed E-state index contributed by atoms with van der Waals surface area (Å²) in [4.78, 5) is 52.4. The number of carbonyl (C=O) groups excluding carboxylic acids is 3. The summed E-state index contributed by atoms with van der Waals surface area (Å²) in [5.41, 5.74) is 2.71. The van der Waals surface area contributed by atoms with Crippen LogP contribution >= 0.6 is 35.0 Å². The lowest BCUT2D eigenvalue weighted by Crippen LogP contribution is -2.60. The van der Waals surface area contributed by atoms with Gasteiger partial charge in [-0.15, -0.1) is 0 Å². The minimum atomic E-state index is -0.591. The normalized spacial score (nSPS) is 27.3. The Morgan fingerprint density at radius 2 is 1.64 bits per heavy atom. The number of carbonyl (C=O) groups is 3. The van der Waals surface area contributed by atoms with E-state index in [2.05, 4.69) is 24.1 Å². The van der Waals surface area contributed by atoms with E-state index in [1.54, 1.807) is 9.80 Å². The summed E-state index contributed by atoms with van der Waals surface area (Å²) < 4.78 is 0. The fourth-order valence-electron chi connectivity index (χ4n) is 7.15. The topological polar surface area (TPSA) is 85.3 Å². The van der Waals surface area contributed by atoms with Crippen molar-refractivity contribution < 1.29 is 14.4 Å². The summed E-state index contributed by atoms with van der Waals surface area (Å²) in [5.74, 6) is -0.373. The van der Waals surface area contributed by atoms with E-state index in [9.17, 15) is 14.4 Å². The number of likely N-dealkylation sites (tertiary alicyclic amines) is 1. The second-order valence-electron chi connectivity index (χ2n) is 12.9. The van der Waals surface area contributed by atoms with E-state index in [1.165, 1.54) is 11.8 Å². The van der Waals surface area contributed by atoms with Gasteiger partial charge in [-0.25, -0.2) is 0 Å². The van der Waals surface area contributed by atoms with Crippen molar-refractivity contribution in [3.8, 4) is 0 Å². The van der Waals surface area contributed by atoms with Gasteiger partial charge >= 0.3 is 0 Å². The molecule has 7 rings (SSSR count). The molecule has 0 aromatic heterocycles. The minimum Gasteiger partial charge on any atom is -0.347 e. The van der Waals surface area contributed by atoms with Gasteiger partial charge in [0, 0.05) is 28.3 Å². The van der Waals surface area contributed by atoms with Crippen LogP contribution in [0.3, 0.4) is 0 Å². The lowest BCUT2D eigenvalue weighted by atomic mass is 9.92. The molecular weight excluding hydrogens is 617 g/mol. The van der Waals surface area contributed by atoms with E-state index in [0.29, 0.717) is 27.9 Å². The van der Waals surface area contributed by atoms with E-state index < -0.39 is 6.04 Å². The Hall–Kier alpha value is -3.01. The molecule has 230 valence electrons. The van der Waals surface area contributed by atoms with Crippen LogP contribution in [-0.2, 0) is 14.4 Å². The first-order valence-corrected chi connectivity index (χ1v) is 16.8. The Labute approximate surface area is 271 Å². The fourth-order valence-corrected chi connectivity index (χ4v) is 8.69. The zero-order chi connectivity index (χ0) is 30.9. The van der Waals surface area contributed by atoms with Crippen molar-refractivity contribution in [2.75, 3.05) is 13.1 Å². The summed E-state index contributed by atoms with van der Waals surface area (Å²) in [7, 11) is 0. The average molecular weight is 653 g/mol. The predicted octanol–water partition coefficient (Wildman–Crippen LogP) is 5.93. The number of amides is 3. The van der Waals surface area contributed by atoms with Crippen molar-refractivity contribution in [1.82, 2.24) is 20.0 Å². The summed E-state index contributed by atoms with van der Waals surface area (Å²) in [6, 6.07) is 14.5. The molecule has 3 unspecified atom stereocenters. The van der Waals surface area contributed by atoms with Gasteiger partial charge in [-0.3, -0.25) is 19.4 Å². The second-order valence-corrected chi connectivity index (χ2v) is 14.8. The molecule has 0 radical (unpaired) electrons. The van der Waals surface area contributed by atoms with Crippen molar-refractivity contribution in [1.29, 1.82) is 0 Å². The number of nitrogens with one attached hydrogen (secondary N) is 1. The summed E-state index contributed by atoms with van der Waals surface area (Å²) in [6.07, 6.45) is 3.09. The average Bonchev–Trinajstić information content (AvgIpc) is 3.29. The maximum absolute atomic E-state index is 14.6. The van der Waals surface area contributed by atoms with Gasteiger partial charge in [-0.2, -0.15) is 0 Å². The Morgan fingerprint density at radius 3 is 2.25 bits per heavy atom. The van der Waals surface area contributed by atoms with Crippen LogP contribution in [0.5, 0.6) is 0 Å². The zero-order valence-electron chi connectivity index (χ0n) is 24.9. The third-order valence-corrected chi connectivity index (χ3v) is 11.0. The third kappa shape index (κ3) is 5.11. The molecule has 1 spiro atoms. The van der Waals surface area contributed by atoms with Crippen molar-refractivity contribution in [2.24, 2.45) is 10.9 Å². The first-order chi connectivity index (χ1) is 21.0. The second kappa shape index (κ2) is 11.1. The number of hydrogen-bond acceptors (Lipinski definition) is 6. The molecule has 44 heavy (non-hydrogen) atoms. The Balaban J connectivity index is 1.23. The SMILES string of the molecule is CC(C)C1=C(C(=O)N2C(C(=O)N3CC(=O)NC4(CC4)C3)CC[C@H]2C)SC2=NC(c3ccc(Cl)cc3)C(c3ccc(Cl)cc3)N21. The number of fused-ring (bicyclic) bond motifs is 1.